The standard InChI is InChI=1S/C38H45NO2P2/c1-6-7-20-41-38(40)39-26-37(43(35-18-10-14-30(4)23-35)36-19-11-15-31(5)24-36)25-32(39)27-42(33-16-8-12-28(2)21-33)34-17-9-13-29(3)22-34/h8-19,21-24,32,37H,6-7,20,25-27H2,1-5H3/t32-,37-/m0/s1. The lowest BCUT2D eigenvalue weighted by Gasteiger charge is -2.29. The molecule has 0 aliphatic carbocycles. The van der Waals surface area contributed by atoms with Crippen LogP contribution in [0.5, 0.6) is 0 Å². The quantitative estimate of drug-likeness (QED) is 0.135. The Kier molecular flexibility index (Phi) is 10.7. The Morgan fingerprint density at radius 3 is 1.67 bits per heavy atom. The van der Waals surface area contributed by atoms with Crippen molar-refractivity contribution in [1.82, 2.24) is 4.90 Å². The number of benzene rings is 4. The summed E-state index contributed by atoms with van der Waals surface area (Å²) in [5.74, 6) is 0. The fourth-order valence-electron chi connectivity index (χ4n) is 6.15. The van der Waals surface area contributed by atoms with Crippen LogP contribution in [0.3, 0.4) is 0 Å². The van der Waals surface area contributed by atoms with Crippen LogP contribution < -0.4 is 21.2 Å². The first-order chi connectivity index (χ1) is 20.8. The van der Waals surface area contributed by atoms with E-state index in [9.17, 15) is 4.79 Å². The van der Waals surface area contributed by atoms with Crippen molar-refractivity contribution in [2.24, 2.45) is 0 Å². The molecule has 3 nitrogen and oxygen atoms in total. The number of aryl methyl sites for hydroxylation is 4. The molecule has 0 aromatic heterocycles. The highest BCUT2D eigenvalue weighted by Crippen LogP contribution is 2.48. The van der Waals surface area contributed by atoms with Crippen LogP contribution in [-0.2, 0) is 4.74 Å². The van der Waals surface area contributed by atoms with Gasteiger partial charge in [0.2, 0.25) is 0 Å². The Morgan fingerprint density at radius 1 is 0.744 bits per heavy atom. The molecule has 43 heavy (non-hydrogen) atoms. The first-order valence-electron chi connectivity index (χ1n) is 15.6. The topological polar surface area (TPSA) is 29.5 Å². The van der Waals surface area contributed by atoms with Gasteiger partial charge in [0.25, 0.3) is 0 Å². The second kappa shape index (κ2) is 14.7. The largest absolute Gasteiger partial charge is 0.449 e. The Balaban J connectivity index is 1.54. The van der Waals surface area contributed by atoms with E-state index in [1.54, 1.807) is 0 Å². The van der Waals surface area contributed by atoms with Gasteiger partial charge in [-0.3, -0.25) is 0 Å². The van der Waals surface area contributed by atoms with E-state index in [0.717, 1.165) is 32.0 Å². The maximum atomic E-state index is 13.8. The zero-order chi connectivity index (χ0) is 30.3. The van der Waals surface area contributed by atoms with Gasteiger partial charge in [-0.25, -0.2) is 4.79 Å². The van der Waals surface area contributed by atoms with E-state index < -0.39 is 15.8 Å². The van der Waals surface area contributed by atoms with E-state index in [1.807, 2.05) is 0 Å². The molecule has 1 fully saturated rings. The number of amides is 1. The number of hydrogen-bond donors (Lipinski definition) is 0. The lowest BCUT2D eigenvalue weighted by molar-refractivity contribution is 0.0998. The third-order valence-corrected chi connectivity index (χ3v) is 13.7. The number of unbranched alkanes of at least 4 members (excludes halogenated alkanes) is 1. The number of carbonyl (C=O) groups is 1. The molecule has 1 aliphatic rings. The summed E-state index contributed by atoms with van der Waals surface area (Å²) in [4.78, 5) is 15.9. The van der Waals surface area contributed by atoms with Crippen molar-refractivity contribution in [1.29, 1.82) is 0 Å². The van der Waals surface area contributed by atoms with E-state index in [-0.39, 0.29) is 12.1 Å². The SMILES string of the molecule is CCCCOC(=O)N1C[C@@H](P(c2cccc(C)c2)c2cccc(C)c2)C[C@H]1CP(c1cccc(C)c1)c1cccc(C)c1. The predicted octanol–water partition coefficient (Wildman–Crippen LogP) is 7.87. The minimum atomic E-state index is -0.664. The van der Waals surface area contributed by atoms with Gasteiger partial charge >= 0.3 is 6.09 Å². The normalized spacial score (nSPS) is 16.7. The lowest BCUT2D eigenvalue weighted by atomic mass is 10.2. The molecule has 1 saturated heterocycles. The van der Waals surface area contributed by atoms with Crippen LogP contribution in [0.2, 0.25) is 0 Å². The molecular formula is C38H45NO2P2. The highest BCUT2D eigenvalue weighted by Gasteiger charge is 2.42. The molecule has 1 aliphatic heterocycles. The summed E-state index contributed by atoms with van der Waals surface area (Å²) in [5, 5.41) is 5.54. The van der Waals surface area contributed by atoms with Gasteiger partial charge in [-0.1, -0.05) is 133 Å². The zero-order valence-electron chi connectivity index (χ0n) is 26.3. The fraction of sp³-hybridized carbons (Fsp3) is 0.342. The summed E-state index contributed by atoms with van der Waals surface area (Å²) < 4.78 is 5.91. The highest BCUT2D eigenvalue weighted by molar-refractivity contribution is 7.74. The highest BCUT2D eigenvalue weighted by atomic mass is 31.1. The molecule has 4 aromatic carbocycles. The second-order valence-corrected chi connectivity index (χ2v) is 16.8. The average molecular weight is 610 g/mol. The van der Waals surface area contributed by atoms with Crippen molar-refractivity contribution in [3.63, 3.8) is 0 Å². The number of carbonyl (C=O) groups excluding carboxylic acids is 1. The molecule has 0 unspecified atom stereocenters. The number of likely N-dealkylation sites (tertiary alicyclic amines) is 1. The summed E-state index contributed by atoms with van der Waals surface area (Å²) in [5.41, 5.74) is 5.48. The van der Waals surface area contributed by atoms with Gasteiger partial charge in [0.1, 0.15) is 0 Å². The van der Waals surface area contributed by atoms with Gasteiger partial charge in [0.05, 0.1) is 6.61 Å². The molecular weight excluding hydrogens is 564 g/mol. The summed E-state index contributed by atoms with van der Waals surface area (Å²) in [6, 6.07) is 36.1. The van der Waals surface area contributed by atoms with Crippen LogP contribution in [0.1, 0.15) is 48.4 Å². The molecule has 1 amide bonds. The summed E-state index contributed by atoms with van der Waals surface area (Å²) in [6.07, 6.45) is 3.68. The number of nitrogens with zero attached hydrogens (tertiary/aromatic N) is 1. The van der Waals surface area contributed by atoms with Gasteiger partial charge in [0.15, 0.2) is 0 Å². The Morgan fingerprint density at radius 2 is 1.21 bits per heavy atom. The van der Waals surface area contributed by atoms with Crippen LogP contribution in [0.25, 0.3) is 0 Å². The van der Waals surface area contributed by atoms with E-state index in [2.05, 4.69) is 137 Å². The second-order valence-electron chi connectivity index (χ2n) is 12.0. The Hall–Kier alpha value is -2.99. The van der Waals surface area contributed by atoms with Crippen LogP contribution >= 0.6 is 15.8 Å². The first kappa shape index (κ1) is 31.4. The van der Waals surface area contributed by atoms with Crippen molar-refractivity contribution in [3.8, 4) is 0 Å². The van der Waals surface area contributed by atoms with Crippen molar-refractivity contribution >= 4 is 43.2 Å². The monoisotopic (exact) mass is 609 g/mol. The molecule has 2 atom stereocenters. The molecule has 0 saturated carbocycles. The van der Waals surface area contributed by atoms with E-state index in [4.69, 9.17) is 4.74 Å². The Labute approximate surface area is 261 Å². The molecule has 5 rings (SSSR count). The molecule has 0 N–H and O–H groups in total. The molecule has 5 heteroatoms. The van der Waals surface area contributed by atoms with Gasteiger partial charge in [-0.05, 0) is 83.8 Å². The lowest BCUT2D eigenvalue weighted by Crippen LogP contribution is -2.39. The maximum Gasteiger partial charge on any atom is 0.410 e. The maximum absolute atomic E-state index is 13.8. The average Bonchev–Trinajstić information content (AvgIpc) is 3.39. The van der Waals surface area contributed by atoms with E-state index in [1.165, 1.54) is 43.5 Å². The van der Waals surface area contributed by atoms with Gasteiger partial charge in [0, 0.05) is 18.2 Å². The number of hydrogen-bond acceptors (Lipinski definition) is 2. The minimum Gasteiger partial charge on any atom is -0.449 e. The van der Waals surface area contributed by atoms with E-state index >= 15 is 0 Å². The molecule has 224 valence electrons. The van der Waals surface area contributed by atoms with Gasteiger partial charge in [-0.15, -0.1) is 0 Å². The molecule has 1 heterocycles. The Bertz CT molecular complexity index is 1440. The summed E-state index contributed by atoms with van der Waals surface area (Å²) in [7, 11) is -1.33. The summed E-state index contributed by atoms with van der Waals surface area (Å²) in [6.45, 7) is 12.1. The molecule has 4 aromatic rings. The van der Waals surface area contributed by atoms with Crippen molar-refractivity contribution < 1.29 is 9.53 Å². The number of ether oxygens (including phenoxy) is 1. The van der Waals surface area contributed by atoms with E-state index in [0.29, 0.717) is 12.3 Å². The fourth-order valence-corrected chi connectivity index (χ4v) is 12.0. The predicted molar refractivity (Wildman–Crippen MR) is 187 cm³/mol. The van der Waals surface area contributed by atoms with Crippen molar-refractivity contribution in [2.45, 2.75) is 65.6 Å². The van der Waals surface area contributed by atoms with Gasteiger partial charge < -0.3 is 9.64 Å². The first-order valence-corrected chi connectivity index (χ1v) is 18.5. The smallest absolute Gasteiger partial charge is 0.410 e. The van der Waals surface area contributed by atoms with Crippen molar-refractivity contribution in [3.05, 3.63) is 119 Å². The third kappa shape index (κ3) is 7.94. The van der Waals surface area contributed by atoms with Crippen LogP contribution in [0.15, 0.2) is 97.1 Å². The number of rotatable bonds is 10. The van der Waals surface area contributed by atoms with Gasteiger partial charge in [-0.2, -0.15) is 0 Å². The van der Waals surface area contributed by atoms with Crippen LogP contribution in [0.4, 0.5) is 4.79 Å². The minimum absolute atomic E-state index is 0.117. The molecule has 0 spiro atoms. The molecule has 0 bridgehead atoms. The third-order valence-electron chi connectivity index (χ3n) is 8.30. The van der Waals surface area contributed by atoms with Crippen molar-refractivity contribution in [2.75, 3.05) is 19.3 Å². The van der Waals surface area contributed by atoms with Crippen LogP contribution in [0, 0.1) is 27.7 Å². The zero-order valence-corrected chi connectivity index (χ0v) is 28.1. The molecule has 0 radical (unpaired) electrons. The van der Waals surface area contributed by atoms with Crippen LogP contribution in [-0.4, -0.2) is 42.0 Å². The summed E-state index contributed by atoms with van der Waals surface area (Å²) >= 11 is 0.